The summed E-state index contributed by atoms with van der Waals surface area (Å²) in [5.41, 5.74) is 0. The summed E-state index contributed by atoms with van der Waals surface area (Å²) in [4.78, 5) is 4.32. The number of aryl methyl sites for hydroxylation is 1. The third-order valence-electron chi connectivity index (χ3n) is 4.50. The van der Waals surface area contributed by atoms with Crippen LogP contribution in [0.3, 0.4) is 0 Å². The van der Waals surface area contributed by atoms with E-state index in [4.69, 9.17) is 4.42 Å². The quantitative estimate of drug-likeness (QED) is 0.884. The zero-order valence-corrected chi connectivity index (χ0v) is 11.5. The average Bonchev–Trinajstić information content (AvgIpc) is 3.12. The van der Waals surface area contributed by atoms with E-state index in [1.165, 1.54) is 38.5 Å². The second-order valence-corrected chi connectivity index (χ2v) is 6.16. The molecule has 3 atom stereocenters. The van der Waals surface area contributed by atoms with Gasteiger partial charge in [-0.15, -0.1) is 0 Å². The Balaban J connectivity index is 1.55. The second kappa shape index (κ2) is 5.04. The first kappa shape index (κ1) is 12.2. The van der Waals surface area contributed by atoms with Gasteiger partial charge in [-0.05, 0) is 51.4 Å². The smallest absolute Gasteiger partial charge is 0.211 e. The number of hydrogen-bond donors (Lipinski definition) is 1. The molecule has 18 heavy (non-hydrogen) atoms. The standard InChI is InChI=1S/C15H24N2O/c1-10-9-16-15(18-10)11(2)17-14-5-3-4-13(8-14)12-6-7-12/h9,11-14,17H,3-8H2,1-2H3. The summed E-state index contributed by atoms with van der Waals surface area (Å²) >= 11 is 0. The molecule has 3 rings (SSSR count). The van der Waals surface area contributed by atoms with E-state index in [9.17, 15) is 0 Å². The Morgan fingerprint density at radius 3 is 2.78 bits per heavy atom. The van der Waals surface area contributed by atoms with Gasteiger partial charge >= 0.3 is 0 Å². The lowest BCUT2D eigenvalue weighted by molar-refractivity contribution is 0.240. The van der Waals surface area contributed by atoms with Gasteiger partial charge in [0.1, 0.15) is 5.76 Å². The molecule has 2 fully saturated rings. The van der Waals surface area contributed by atoms with E-state index in [0.29, 0.717) is 6.04 Å². The molecule has 0 amide bonds. The van der Waals surface area contributed by atoms with Crippen LogP contribution in [0.4, 0.5) is 0 Å². The summed E-state index contributed by atoms with van der Waals surface area (Å²) < 4.78 is 5.60. The molecule has 3 unspecified atom stereocenters. The number of aromatic nitrogens is 1. The summed E-state index contributed by atoms with van der Waals surface area (Å²) in [6.45, 7) is 4.11. The van der Waals surface area contributed by atoms with Crippen molar-refractivity contribution in [2.75, 3.05) is 0 Å². The first-order chi connectivity index (χ1) is 8.72. The molecule has 1 heterocycles. The van der Waals surface area contributed by atoms with Crippen LogP contribution in [-0.4, -0.2) is 11.0 Å². The van der Waals surface area contributed by atoms with Gasteiger partial charge in [0, 0.05) is 6.04 Å². The van der Waals surface area contributed by atoms with Gasteiger partial charge in [0.15, 0.2) is 0 Å². The van der Waals surface area contributed by atoms with Crippen molar-refractivity contribution in [3.8, 4) is 0 Å². The minimum absolute atomic E-state index is 0.238. The molecule has 1 aromatic heterocycles. The largest absolute Gasteiger partial charge is 0.444 e. The van der Waals surface area contributed by atoms with Crippen LogP contribution in [0.5, 0.6) is 0 Å². The lowest BCUT2D eigenvalue weighted by Gasteiger charge is -2.31. The highest BCUT2D eigenvalue weighted by atomic mass is 16.4. The molecule has 1 aromatic rings. The van der Waals surface area contributed by atoms with Gasteiger partial charge in [0.25, 0.3) is 0 Å². The second-order valence-electron chi connectivity index (χ2n) is 6.16. The van der Waals surface area contributed by atoms with Crippen LogP contribution in [0.15, 0.2) is 10.6 Å². The Morgan fingerprint density at radius 2 is 2.11 bits per heavy atom. The van der Waals surface area contributed by atoms with Crippen LogP contribution in [0.2, 0.25) is 0 Å². The number of nitrogens with zero attached hydrogens (tertiary/aromatic N) is 1. The first-order valence-electron chi connectivity index (χ1n) is 7.40. The van der Waals surface area contributed by atoms with Crippen LogP contribution >= 0.6 is 0 Å². The van der Waals surface area contributed by atoms with Gasteiger partial charge in [-0.1, -0.05) is 12.8 Å². The van der Waals surface area contributed by atoms with E-state index in [2.05, 4.69) is 17.2 Å². The highest BCUT2D eigenvalue weighted by Gasteiger charge is 2.35. The summed E-state index contributed by atoms with van der Waals surface area (Å²) in [6.07, 6.45) is 10.3. The average molecular weight is 248 g/mol. The van der Waals surface area contributed by atoms with Crippen LogP contribution in [-0.2, 0) is 0 Å². The molecular weight excluding hydrogens is 224 g/mol. The molecule has 0 aromatic carbocycles. The Bertz CT molecular complexity index is 397. The Morgan fingerprint density at radius 1 is 1.28 bits per heavy atom. The van der Waals surface area contributed by atoms with Gasteiger partial charge in [-0.25, -0.2) is 4.98 Å². The minimum atomic E-state index is 0.238. The normalized spacial score (nSPS) is 30.3. The third-order valence-corrected chi connectivity index (χ3v) is 4.50. The molecule has 2 aliphatic rings. The van der Waals surface area contributed by atoms with Crippen molar-refractivity contribution in [2.45, 2.75) is 64.5 Å². The van der Waals surface area contributed by atoms with E-state index >= 15 is 0 Å². The maximum absolute atomic E-state index is 5.60. The van der Waals surface area contributed by atoms with Gasteiger partial charge in [0.05, 0.1) is 12.2 Å². The third kappa shape index (κ3) is 2.77. The lowest BCUT2D eigenvalue weighted by Crippen LogP contribution is -2.36. The first-order valence-corrected chi connectivity index (χ1v) is 7.40. The molecule has 1 N–H and O–H groups in total. The van der Waals surface area contributed by atoms with E-state index in [-0.39, 0.29) is 6.04 Å². The summed E-state index contributed by atoms with van der Waals surface area (Å²) in [5, 5.41) is 3.70. The maximum atomic E-state index is 5.60. The molecular formula is C15H24N2O. The maximum Gasteiger partial charge on any atom is 0.211 e. The molecule has 100 valence electrons. The highest BCUT2D eigenvalue weighted by Crippen LogP contribution is 2.44. The predicted molar refractivity (Wildman–Crippen MR) is 71.3 cm³/mol. The Labute approximate surface area is 109 Å². The van der Waals surface area contributed by atoms with Crippen LogP contribution in [0, 0.1) is 18.8 Å². The number of nitrogens with one attached hydrogen (secondary N) is 1. The fourth-order valence-electron chi connectivity index (χ4n) is 3.37. The van der Waals surface area contributed by atoms with Crippen LogP contribution in [0.25, 0.3) is 0 Å². The molecule has 3 nitrogen and oxygen atoms in total. The zero-order chi connectivity index (χ0) is 12.5. The molecule has 0 saturated heterocycles. The van der Waals surface area contributed by atoms with Crippen molar-refractivity contribution < 1.29 is 4.42 Å². The van der Waals surface area contributed by atoms with Crippen molar-refractivity contribution in [2.24, 2.45) is 11.8 Å². The highest BCUT2D eigenvalue weighted by molar-refractivity contribution is 4.96. The number of hydrogen-bond acceptors (Lipinski definition) is 3. The molecule has 0 aliphatic heterocycles. The SMILES string of the molecule is Cc1cnc(C(C)NC2CCCC(C3CC3)C2)o1. The van der Waals surface area contributed by atoms with Gasteiger partial charge in [0.2, 0.25) is 5.89 Å². The van der Waals surface area contributed by atoms with Crippen molar-refractivity contribution in [1.29, 1.82) is 0 Å². The topological polar surface area (TPSA) is 38.1 Å². The zero-order valence-electron chi connectivity index (χ0n) is 11.5. The monoisotopic (exact) mass is 248 g/mol. The molecule has 2 aliphatic carbocycles. The molecule has 2 saturated carbocycles. The van der Waals surface area contributed by atoms with E-state index in [0.717, 1.165) is 23.5 Å². The fraction of sp³-hybridized carbons (Fsp3) is 0.800. The Kier molecular flexibility index (Phi) is 3.42. The van der Waals surface area contributed by atoms with Crippen molar-refractivity contribution >= 4 is 0 Å². The summed E-state index contributed by atoms with van der Waals surface area (Å²) in [6, 6.07) is 0.896. The van der Waals surface area contributed by atoms with Gasteiger partial charge in [-0.3, -0.25) is 0 Å². The van der Waals surface area contributed by atoms with Crippen molar-refractivity contribution in [3.63, 3.8) is 0 Å². The van der Waals surface area contributed by atoms with Gasteiger partial charge < -0.3 is 9.73 Å². The Hall–Kier alpha value is -0.830. The predicted octanol–water partition coefficient (Wildman–Crippen LogP) is 3.60. The van der Waals surface area contributed by atoms with Gasteiger partial charge in [-0.2, -0.15) is 0 Å². The number of rotatable bonds is 4. The molecule has 0 radical (unpaired) electrons. The fourth-order valence-corrected chi connectivity index (χ4v) is 3.37. The van der Waals surface area contributed by atoms with Crippen molar-refractivity contribution in [3.05, 3.63) is 17.8 Å². The van der Waals surface area contributed by atoms with Crippen LogP contribution < -0.4 is 5.32 Å². The summed E-state index contributed by atoms with van der Waals surface area (Å²) in [7, 11) is 0. The molecule has 0 spiro atoms. The lowest BCUT2D eigenvalue weighted by atomic mass is 9.82. The minimum Gasteiger partial charge on any atom is -0.444 e. The molecule has 0 bridgehead atoms. The van der Waals surface area contributed by atoms with Crippen LogP contribution in [0.1, 0.15) is 63.1 Å². The van der Waals surface area contributed by atoms with Crippen molar-refractivity contribution in [1.82, 2.24) is 10.3 Å². The van der Waals surface area contributed by atoms with E-state index in [1.54, 1.807) is 6.20 Å². The summed E-state index contributed by atoms with van der Waals surface area (Å²) in [5.74, 6) is 3.77. The number of oxazole rings is 1. The van der Waals surface area contributed by atoms with E-state index < -0.39 is 0 Å². The molecule has 3 heteroatoms. The van der Waals surface area contributed by atoms with E-state index in [1.807, 2.05) is 6.92 Å².